The number of rotatable bonds is 8. The Bertz CT molecular complexity index is 282. The van der Waals surface area contributed by atoms with Gasteiger partial charge in [-0.1, -0.05) is 36.4 Å². The average Bonchev–Trinajstić information content (AvgIpc) is 2.34. The van der Waals surface area contributed by atoms with Crippen molar-refractivity contribution in [1.82, 2.24) is 10.6 Å². The van der Waals surface area contributed by atoms with Gasteiger partial charge in [-0.15, -0.1) is 6.58 Å². The highest BCUT2D eigenvalue weighted by Crippen LogP contribution is 2.18. The van der Waals surface area contributed by atoms with Crippen LogP contribution in [0.25, 0.3) is 0 Å². The first kappa shape index (κ1) is 12.9. The molecular weight excluding hydrogens is 196 g/mol. The van der Waals surface area contributed by atoms with Crippen molar-refractivity contribution in [2.24, 2.45) is 0 Å². The molecule has 0 aliphatic rings. The van der Waals surface area contributed by atoms with E-state index < -0.39 is 0 Å². The van der Waals surface area contributed by atoms with Gasteiger partial charge in [0, 0.05) is 19.6 Å². The van der Waals surface area contributed by atoms with Crippen LogP contribution in [0.3, 0.4) is 0 Å². The van der Waals surface area contributed by atoms with Crippen molar-refractivity contribution in [2.75, 3.05) is 26.7 Å². The van der Waals surface area contributed by atoms with Gasteiger partial charge in [0.15, 0.2) is 0 Å². The second kappa shape index (κ2) is 8.08. The van der Waals surface area contributed by atoms with E-state index >= 15 is 0 Å². The molecule has 0 saturated heterocycles. The van der Waals surface area contributed by atoms with E-state index in [9.17, 15) is 0 Å². The smallest absolute Gasteiger partial charge is 0.00768 e. The first-order valence-electron chi connectivity index (χ1n) is 5.89. The summed E-state index contributed by atoms with van der Waals surface area (Å²) < 4.78 is 0. The fraction of sp³-hybridized carbons (Fsp3) is 0.429. The molecule has 88 valence electrons. The summed E-state index contributed by atoms with van der Waals surface area (Å²) >= 11 is 0. The lowest BCUT2D eigenvalue weighted by atomic mass is 9.96. The lowest BCUT2D eigenvalue weighted by molar-refractivity contribution is 0.576. The molecular formula is C14H22N2. The van der Waals surface area contributed by atoms with Crippen molar-refractivity contribution in [3.05, 3.63) is 48.6 Å². The van der Waals surface area contributed by atoms with Crippen LogP contribution in [-0.4, -0.2) is 26.7 Å². The highest BCUT2D eigenvalue weighted by Gasteiger charge is 2.08. The van der Waals surface area contributed by atoms with Gasteiger partial charge in [0.05, 0.1) is 0 Å². The van der Waals surface area contributed by atoms with Crippen molar-refractivity contribution < 1.29 is 0 Å². The third-order valence-electron chi connectivity index (χ3n) is 2.66. The Kier molecular flexibility index (Phi) is 6.54. The summed E-state index contributed by atoms with van der Waals surface area (Å²) in [6.45, 7) is 6.86. The molecule has 0 aromatic heterocycles. The van der Waals surface area contributed by atoms with Crippen LogP contribution in [0.1, 0.15) is 17.9 Å². The Hall–Kier alpha value is -1.12. The van der Waals surface area contributed by atoms with Crippen molar-refractivity contribution in [3.63, 3.8) is 0 Å². The molecule has 2 heteroatoms. The summed E-state index contributed by atoms with van der Waals surface area (Å²) in [6, 6.07) is 10.6. The maximum Gasteiger partial charge on any atom is 0.00768 e. The number of likely N-dealkylation sites (N-methyl/N-ethyl adjacent to an activating group) is 1. The third kappa shape index (κ3) is 4.60. The van der Waals surface area contributed by atoms with E-state index in [0.717, 1.165) is 26.1 Å². The molecule has 16 heavy (non-hydrogen) atoms. The molecule has 0 radical (unpaired) electrons. The molecule has 1 unspecified atom stereocenters. The molecule has 1 aromatic rings. The summed E-state index contributed by atoms with van der Waals surface area (Å²) in [5.41, 5.74) is 1.39. The Morgan fingerprint density at radius 3 is 2.62 bits per heavy atom. The second-order valence-electron chi connectivity index (χ2n) is 3.94. The molecule has 0 aliphatic heterocycles. The van der Waals surface area contributed by atoms with Gasteiger partial charge in [-0.3, -0.25) is 0 Å². The Labute approximate surface area is 98.8 Å². The topological polar surface area (TPSA) is 24.1 Å². The zero-order valence-corrected chi connectivity index (χ0v) is 10.1. The van der Waals surface area contributed by atoms with Crippen molar-refractivity contribution in [2.45, 2.75) is 12.3 Å². The molecule has 0 fully saturated rings. The van der Waals surface area contributed by atoms with Gasteiger partial charge in [0.25, 0.3) is 0 Å². The zero-order chi connectivity index (χ0) is 11.6. The minimum absolute atomic E-state index is 0.538. The summed E-state index contributed by atoms with van der Waals surface area (Å²) in [4.78, 5) is 0. The minimum Gasteiger partial charge on any atom is -0.318 e. The van der Waals surface area contributed by atoms with Gasteiger partial charge in [0.2, 0.25) is 0 Å². The summed E-state index contributed by atoms with van der Waals surface area (Å²) in [5, 5.41) is 6.59. The van der Waals surface area contributed by atoms with E-state index in [4.69, 9.17) is 0 Å². The first-order valence-corrected chi connectivity index (χ1v) is 5.89. The molecule has 1 rings (SSSR count). The van der Waals surface area contributed by atoms with Crippen LogP contribution >= 0.6 is 0 Å². The van der Waals surface area contributed by atoms with E-state index in [1.54, 1.807) is 0 Å². The minimum atomic E-state index is 0.538. The van der Waals surface area contributed by atoms with E-state index in [1.165, 1.54) is 5.56 Å². The Morgan fingerprint density at radius 1 is 1.25 bits per heavy atom. The number of hydrogen-bond donors (Lipinski definition) is 2. The van der Waals surface area contributed by atoms with Crippen LogP contribution in [0.5, 0.6) is 0 Å². The van der Waals surface area contributed by atoms with Crippen LogP contribution in [0.15, 0.2) is 43.0 Å². The van der Waals surface area contributed by atoms with E-state index in [1.807, 2.05) is 13.1 Å². The number of allylic oxidation sites excluding steroid dienone is 1. The molecule has 0 saturated carbocycles. The van der Waals surface area contributed by atoms with Crippen LogP contribution in [0, 0.1) is 0 Å². The molecule has 0 aliphatic carbocycles. The molecule has 1 atom stereocenters. The van der Waals surface area contributed by atoms with Gasteiger partial charge in [-0.05, 0) is 24.9 Å². The maximum absolute atomic E-state index is 3.83. The maximum atomic E-state index is 3.83. The summed E-state index contributed by atoms with van der Waals surface area (Å²) in [5.74, 6) is 0.538. The fourth-order valence-corrected chi connectivity index (χ4v) is 1.75. The van der Waals surface area contributed by atoms with E-state index in [2.05, 4.69) is 47.5 Å². The summed E-state index contributed by atoms with van der Waals surface area (Å²) in [7, 11) is 1.97. The first-order chi connectivity index (χ1) is 7.88. The van der Waals surface area contributed by atoms with Gasteiger partial charge in [-0.25, -0.2) is 0 Å². The summed E-state index contributed by atoms with van der Waals surface area (Å²) in [6.07, 6.45) is 3.02. The molecule has 0 bridgehead atoms. The number of hydrogen-bond acceptors (Lipinski definition) is 2. The second-order valence-corrected chi connectivity index (χ2v) is 3.94. The van der Waals surface area contributed by atoms with Crippen LogP contribution in [0.2, 0.25) is 0 Å². The third-order valence-corrected chi connectivity index (χ3v) is 2.66. The van der Waals surface area contributed by atoms with Gasteiger partial charge in [0.1, 0.15) is 0 Å². The highest BCUT2D eigenvalue weighted by atomic mass is 14.9. The molecule has 2 nitrogen and oxygen atoms in total. The standard InChI is InChI=1S/C14H22N2/c1-3-7-14(12-16-11-10-15-2)13-8-5-4-6-9-13/h3-6,8-9,14-16H,1,7,10-12H2,2H3. The number of nitrogens with one attached hydrogen (secondary N) is 2. The van der Waals surface area contributed by atoms with Crippen molar-refractivity contribution in [3.8, 4) is 0 Å². The van der Waals surface area contributed by atoms with Gasteiger partial charge < -0.3 is 10.6 Å². The molecule has 0 spiro atoms. The molecule has 0 heterocycles. The predicted octanol–water partition coefficient (Wildman–Crippen LogP) is 2.16. The molecule has 1 aromatic carbocycles. The normalized spacial score (nSPS) is 12.3. The quantitative estimate of drug-likeness (QED) is 0.516. The van der Waals surface area contributed by atoms with E-state index in [0.29, 0.717) is 5.92 Å². The largest absolute Gasteiger partial charge is 0.318 e. The molecule has 2 N–H and O–H groups in total. The van der Waals surface area contributed by atoms with Gasteiger partial charge >= 0.3 is 0 Å². The predicted molar refractivity (Wildman–Crippen MR) is 70.8 cm³/mol. The average molecular weight is 218 g/mol. The fourth-order valence-electron chi connectivity index (χ4n) is 1.75. The SMILES string of the molecule is C=CCC(CNCCNC)c1ccccc1. The molecule has 0 amide bonds. The zero-order valence-electron chi connectivity index (χ0n) is 10.1. The highest BCUT2D eigenvalue weighted by molar-refractivity contribution is 5.20. The van der Waals surface area contributed by atoms with Crippen LogP contribution < -0.4 is 10.6 Å². The van der Waals surface area contributed by atoms with Gasteiger partial charge in [-0.2, -0.15) is 0 Å². The van der Waals surface area contributed by atoms with Crippen molar-refractivity contribution in [1.29, 1.82) is 0 Å². The van der Waals surface area contributed by atoms with Crippen LogP contribution in [0.4, 0.5) is 0 Å². The lowest BCUT2D eigenvalue weighted by Crippen LogP contribution is -2.28. The Balaban J connectivity index is 2.44. The Morgan fingerprint density at radius 2 is 2.00 bits per heavy atom. The monoisotopic (exact) mass is 218 g/mol. The van der Waals surface area contributed by atoms with E-state index in [-0.39, 0.29) is 0 Å². The lowest BCUT2D eigenvalue weighted by Gasteiger charge is -2.16. The van der Waals surface area contributed by atoms with Crippen LogP contribution in [-0.2, 0) is 0 Å². The van der Waals surface area contributed by atoms with Crippen molar-refractivity contribution >= 4 is 0 Å². The number of benzene rings is 1.